The van der Waals surface area contributed by atoms with Crippen molar-refractivity contribution in [3.63, 3.8) is 0 Å². The highest BCUT2D eigenvalue weighted by Crippen LogP contribution is 2.62. The number of carbonyl (C=O) groups excluding carboxylic acids is 1. The van der Waals surface area contributed by atoms with Crippen LogP contribution in [0.3, 0.4) is 0 Å². The summed E-state index contributed by atoms with van der Waals surface area (Å²) in [5.74, 6) is 1.75. The molecule has 156 valence electrons. The highest BCUT2D eigenvalue weighted by atomic mass is 16.2. The first-order valence-electron chi connectivity index (χ1n) is 10.9. The Kier molecular flexibility index (Phi) is 4.34. The monoisotopic (exact) mass is 403 g/mol. The number of nitrogens with one attached hydrogen (secondary N) is 1. The summed E-state index contributed by atoms with van der Waals surface area (Å²) >= 11 is 0. The van der Waals surface area contributed by atoms with Gasteiger partial charge in [0, 0.05) is 31.4 Å². The van der Waals surface area contributed by atoms with E-state index in [1.807, 2.05) is 12.3 Å². The number of hydrogen-bond donors (Lipinski definition) is 1. The maximum Gasteiger partial charge on any atom is 0.270 e. The van der Waals surface area contributed by atoms with Gasteiger partial charge >= 0.3 is 0 Å². The molecule has 2 saturated carbocycles. The van der Waals surface area contributed by atoms with Crippen molar-refractivity contribution in [2.24, 2.45) is 5.92 Å². The highest BCUT2D eigenvalue weighted by molar-refractivity contribution is 5.98. The second-order valence-electron chi connectivity index (χ2n) is 9.34. The van der Waals surface area contributed by atoms with Gasteiger partial charge in [0.25, 0.3) is 5.91 Å². The predicted octanol–water partition coefficient (Wildman–Crippen LogP) is 4.90. The van der Waals surface area contributed by atoms with Gasteiger partial charge in [0.2, 0.25) is 5.95 Å². The van der Waals surface area contributed by atoms with Crippen molar-refractivity contribution in [2.45, 2.75) is 51.0 Å². The molecule has 2 aromatic heterocycles. The normalized spacial score (nSPS) is 22.4. The first kappa shape index (κ1) is 19.1. The van der Waals surface area contributed by atoms with Gasteiger partial charge in [-0.25, -0.2) is 4.98 Å². The van der Waals surface area contributed by atoms with Crippen LogP contribution in [-0.4, -0.2) is 39.4 Å². The fourth-order valence-electron chi connectivity index (χ4n) is 5.05. The molecule has 2 atom stereocenters. The third kappa shape index (κ3) is 2.97. The number of aromatic nitrogens is 3. The van der Waals surface area contributed by atoms with E-state index in [4.69, 9.17) is 4.98 Å². The van der Waals surface area contributed by atoms with Crippen LogP contribution < -0.4 is 5.32 Å². The lowest BCUT2D eigenvalue weighted by molar-refractivity contribution is 0.0814. The van der Waals surface area contributed by atoms with Gasteiger partial charge in [-0.2, -0.15) is 4.98 Å². The van der Waals surface area contributed by atoms with Gasteiger partial charge < -0.3 is 14.8 Å². The minimum Gasteiger partial charge on any atom is -0.343 e. The number of rotatable bonds is 5. The van der Waals surface area contributed by atoms with E-state index in [1.165, 1.54) is 18.4 Å². The van der Waals surface area contributed by atoms with Crippen molar-refractivity contribution in [1.29, 1.82) is 0 Å². The number of carbonyl (C=O) groups is 1. The van der Waals surface area contributed by atoms with Crippen molar-refractivity contribution in [2.75, 3.05) is 19.4 Å². The summed E-state index contributed by atoms with van der Waals surface area (Å²) in [6.45, 7) is 4.38. The Hall–Kier alpha value is -2.89. The minimum absolute atomic E-state index is 0.0266. The molecular formula is C24H29N5O. The average Bonchev–Trinajstić information content (AvgIpc) is 3.08. The number of hydrogen-bond acceptors (Lipinski definition) is 4. The largest absolute Gasteiger partial charge is 0.343 e. The Bertz CT molecular complexity index is 1110. The zero-order valence-electron chi connectivity index (χ0n) is 18.1. The van der Waals surface area contributed by atoms with E-state index in [0.29, 0.717) is 17.8 Å². The summed E-state index contributed by atoms with van der Waals surface area (Å²) in [6.07, 6.45) is 6.57. The molecule has 3 aromatic rings. The molecule has 5 rings (SSSR count). The molecule has 2 aliphatic carbocycles. The number of anilines is 2. The van der Waals surface area contributed by atoms with Gasteiger partial charge in [-0.15, -0.1) is 0 Å². The number of benzene rings is 1. The van der Waals surface area contributed by atoms with E-state index in [9.17, 15) is 4.79 Å². The lowest BCUT2D eigenvalue weighted by Crippen LogP contribution is -2.29. The Morgan fingerprint density at radius 3 is 2.63 bits per heavy atom. The molecule has 2 fully saturated rings. The van der Waals surface area contributed by atoms with E-state index < -0.39 is 0 Å². The van der Waals surface area contributed by atoms with E-state index in [2.05, 4.69) is 53.0 Å². The van der Waals surface area contributed by atoms with Gasteiger partial charge in [0.15, 0.2) is 0 Å². The molecule has 1 amide bonds. The van der Waals surface area contributed by atoms with Gasteiger partial charge in [0.1, 0.15) is 11.3 Å². The first-order chi connectivity index (χ1) is 14.4. The maximum atomic E-state index is 13.0. The van der Waals surface area contributed by atoms with Crippen molar-refractivity contribution in [3.8, 4) is 0 Å². The molecule has 30 heavy (non-hydrogen) atoms. The van der Waals surface area contributed by atoms with Gasteiger partial charge in [-0.3, -0.25) is 4.79 Å². The first-order valence-corrected chi connectivity index (χ1v) is 10.9. The zero-order chi connectivity index (χ0) is 21.0. The molecule has 2 heterocycles. The minimum atomic E-state index is 0.0266. The van der Waals surface area contributed by atoms with Crippen LogP contribution in [0.25, 0.3) is 11.0 Å². The zero-order valence-corrected chi connectivity index (χ0v) is 18.1. The molecule has 0 aliphatic heterocycles. The molecule has 0 radical (unpaired) electrons. The summed E-state index contributed by atoms with van der Waals surface area (Å²) in [5.41, 5.74) is 3.92. The maximum absolute atomic E-state index is 13.0. The van der Waals surface area contributed by atoms with Gasteiger partial charge in [0.05, 0.1) is 5.54 Å². The lowest BCUT2D eigenvalue weighted by atomic mass is 10.0. The third-order valence-electron chi connectivity index (χ3n) is 6.81. The van der Waals surface area contributed by atoms with Crippen molar-refractivity contribution in [1.82, 2.24) is 19.4 Å². The number of fused-ring (bicyclic) bond motifs is 2. The Morgan fingerprint density at radius 2 is 2.03 bits per heavy atom. The second kappa shape index (κ2) is 6.83. The van der Waals surface area contributed by atoms with Gasteiger partial charge in [-0.1, -0.05) is 32.4 Å². The van der Waals surface area contributed by atoms with E-state index in [1.54, 1.807) is 19.0 Å². The molecule has 0 bridgehead atoms. The number of nitrogens with zero attached hydrogens (tertiary/aromatic N) is 4. The van der Waals surface area contributed by atoms with Crippen LogP contribution in [0, 0.1) is 5.92 Å². The molecule has 6 nitrogen and oxygen atoms in total. The molecule has 2 aliphatic rings. The SMILES string of the molecule is CC(C)c1ccc(Nc2ncc3cc(C(=O)N(C)C)n(C45CCC[C@H]4C5)c3n2)cc1. The van der Waals surface area contributed by atoms with Crippen LogP contribution >= 0.6 is 0 Å². The smallest absolute Gasteiger partial charge is 0.270 e. The summed E-state index contributed by atoms with van der Waals surface area (Å²) in [7, 11) is 3.61. The molecule has 1 unspecified atom stereocenters. The second-order valence-corrected chi connectivity index (χ2v) is 9.34. The average molecular weight is 404 g/mol. The predicted molar refractivity (Wildman–Crippen MR) is 119 cm³/mol. The lowest BCUT2D eigenvalue weighted by Gasteiger charge is -2.21. The molecule has 1 aromatic carbocycles. The van der Waals surface area contributed by atoms with Crippen LogP contribution in [0.4, 0.5) is 11.6 Å². The molecule has 0 spiro atoms. The van der Waals surface area contributed by atoms with E-state index in [0.717, 1.165) is 35.3 Å². The van der Waals surface area contributed by atoms with Crippen LogP contribution in [0.5, 0.6) is 0 Å². The van der Waals surface area contributed by atoms with Crippen molar-refractivity contribution >= 4 is 28.6 Å². The van der Waals surface area contributed by atoms with E-state index in [-0.39, 0.29) is 11.4 Å². The van der Waals surface area contributed by atoms with Crippen molar-refractivity contribution in [3.05, 3.63) is 47.8 Å². The van der Waals surface area contributed by atoms with Crippen LogP contribution in [0.2, 0.25) is 0 Å². The summed E-state index contributed by atoms with van der Waals surface area (Å²) < 4.78 is 2.23. The van der Waals surface area contributed by atoms with Crippen LogP contribution in [-0.2, 0) is 5.54 Å². The summed E-state index contributed by atoms with van der Waals surface area (Å²) in [4.78, 5) is 24.0. The quantitative estimate of drug-likeness (QED) is 0.658. The highest BCUT2D eigenvalue weighted by Gasteiger charge is 2.59. The standard InChI is InChI=1S/C24H29N5O/c1-15(2)16-7-9-19(10-8-16)26-23-25-14-17-12-20(22(30)28(3)4)29(21(17)27-23)24-11-5-6-18(24)13-24/h7-10,12,14-15,18H,5-6,11,13H2,1-4H3,(H,25,26,27)/t18-,24?/m0/s1. The Balaban J connectivity index is 1.56. The van der Waals surface area contributed by atoms with E-state index >= 15 is 0 Å². The number of amides is 1. The fourth-order valence-corrected chi connectivity index (χ4v) is 5.05. The molecule has 0 saturated heterocycles. The topological polar surface area (TPSA) is 63.1 Å². The molecular weight excluding hydrogens is 374 g/mol. The Labute approximate surface area is 177 Å². The molecule has 6 heteroatoms. The third-order valence-corrected chi connectivity index (χ3v) is 6.81. The summed E-state index contributed by atoms with van der Waals surface area (Å²) in [6, 6.07) is 10.4. The van der Waals surface area contributed by atoms with Crippen molar-refractivity contribution < 1.29 is 4.79 Å². The van der Waals surface area contributed by atoms with Crippen LogP contribution in [0.1, 0.15) is 61.5 Å². The fraction of sp³-hybridized carbons (Fsp3) is 0.458. The Morgan fingerprint density at radius 1 is 1.27 bits per heavy atom. The molecule has 1 N–H and O–H groups in total. The summed E-state index contributed by atoms with van der Waals surface area (Å²) in [5, 5.41) is 4.26. The van der Waals surface area contributed by atoms with Gasteiger partial charge in [-0.05, 0) is 54.9 Å². The van der Waals surface area contributed by atoms with Crippen LogP contribution in [0.15, 0.2) is 36.5 Å².